The van der Waals surface area contributed by atoms with Gasteiger partial charge >= 0.3 is 0 Å². The van der Waals surface area contributed by atoms with Gasteiger partial charge in [-0.3, -0.25) is 0 Å². The zero-order chi connectivity index (χ0) is 16.6. The molecule has 0 atom stereocenters. The number of anilines is 2. The summed E-state index contributed by atoms with van der Waals surface area (Å²) in [6, 6.07) is 5.08. The lowest BCUT2D eigenvalue weighted by Gasteiger charge is -2.36. The van der Waals surface area contributed by atoms with E-state index < -0.39 is 10.0 Å². The molecule has 2 heterocycles. The van der Waals surface area contributed by atoms with Crippen molar-refractivity contribution in [3.8, 4) is 10.4 Å². The van der Waals surface area contributed by atoms with E-state index in [-0.39, 0.29) is 10.9 Å². The lowest BCUT2D eigenvalue weighted by atomic mass is 10.1. The number of nitrogens with two attached hydrogens (primary N) is 2. The van der Waals surface area contributed by atoms with Crippen LogP contribution in [0.2, 0.25) is 0 Å². The fourth-order valence-electron chi connectivity index (χ4n) is 2.44. The van der Waals surface area contributed by atoms with Crippen LogP contribution in [0.3, 0.4) is 0 Å². The van der Waals surface area contributed by atoms with Crippen LogP contribution in [0.1, 0.15) is 6.92 Å². The number of sulfonamides is 1. The fraction of sp³-hybridized carbons (Fsp3) is 0.357. The van der Waals surface area contributed by atoms with Crippen molar-refractivity contribution in [1.82, 2.24) is 9.71 Å². The molecule has 0 spiro atoms. The Morgan fingerprint density at radius 2 is 2.17 bits per heavy atom. The van der Waals surface area contributed by atoms with Gasteiger partial charge in [0.1, 0.15) is 0 Å². The lowest BCUT2D eigenvalue weighted by Crippen LogP contribution is -2.55. The summed E-state index contributed by atoms with van der Waals surface area (Å²) in [5, 5.41) is 0.852. The highest BCUT2D eigenvalue weighted by Gasteiger charge is 2.26. The Labute approximate surface area is 139 Å². The van der Waals surface area contributed by atoms with Crippen molar-refractivity contribution < 1.29 is 8.42 Å². The van der Waals surface area contributed by atoms with Gasteiger partial charge in [-0.05, 0) is 12.1 Å². The third-order valence-corrected chi connectivity index (χ3v) is 6.25. The van der Waals surface area contributed by atoms with E-state index >= 15 is 0 Å². The van der Waals surface area contributed by atoms with Gasteiger partial charge in [0.25, 0.3) is 0 Å². The van der Waals surface area contributed by atoms with Gasteiger partial charge in [0, 0.05) is 43.1 Å². The zero-order valence-corrected chi connectivity index (χ0v) is 14.3. The van der Waals surface area contributed by atoms with Crippen LogP contribution in [0.5, 0.6) is 0 Å². The van der Waals surface area contributed by atoms with E-state index in [9.17, 15) is 8.42 Å². The minimum Gasteiger partial charge on any atom is -0.399 e. The minimum absolute atomic E-state index is 0.176. The Morgan fingerprint density at radius 3 is 2.83 bits per heavy atom. The van der Waals surface area contributed by atoms with Crippen LogP contribution in [0, 0.1) is 0 Å². The quantitative estimate of drug-likeness (QED) is 0.686. The van der Waals surface area contributed by atoms with Crippen LogP contribution < -0.4 is 21.1 Å². The number of nitrogen functional groups attached to an aromatic ring is 1. The average molecular weight is 353 g/mol. The van der Waals surface area contributed by atoms with E-state index in [1.807, 2.05) is 0 Å². The smallest absolute Gasteiger partial charge is 0.241 e. The Kier molecular flexibility index (Phi) is 4.28. The molecule has 0 aliphatic carbocycles. The Hall–Kier alpha value is -1.68. The summed E-state index contributed by atoms with van der Waals surface area (Å²) in [4.78, 5) is 7.43. The first-order chi connectivity index (χ1) is 10.9. The van der Waals surface area contributed by atoms with Crippen LogP contribution in [0.25, 0.3) is 10.4 Å². The number of benzene rings is 1. The maximum Gasteiger partial charge on any atom is 0.241 e. The first kappa shape index (κ1) is 16.2. The number of thiazole rings is 1. The summed E-state index contributed by atoms with van der Waals surface area (Å²) in [6.45, 7) is 3.60. The molecule has 5 N–H and O–H groups in total. The van der Waals surface area contributed by atoms with Crippen molar-refractivity contribution in [2.24, 2.45) is 5.73 Å². The number of hydrogen-bond acceptors (Lipinski definition) is 7. The third-order valence-electron chi connectivity index (χ3n) is 3.57. The predicted octanol–water partition coefficient (Wildman–Crippen LogP) is 0.838. The standard InChI is InChI=1S/C14H19N5O2S2/c1-2-18-23(20,21)13-5-9(15)3-4-11(13)12-6-17-14(22-12)19-7-10(16)8-19/h3-6,10,18H,2,7-8,15-16H2,1H3. The lowest BCUT2D eigenvalue weighted by molar-refractivity contribution is 0.518. The molecule has 1 fully saturated rings. The molecule has 0 unspecified atom stereocenters. The molecular formula is C14H19N5O2S2. The van der Waals surface area contributed by atoms with E-state index in [0.29, 0.717) is 17.8 Å². The predicted molar refractivity (Wildman–Crippen MR) is 93.0 cm³/mol. The monoisotopic (exact) mass is 353 g/mol. The summed E-state index contributed by atoms with van der Waals surface area (Å²) >= 11 is 1.45. The molecule has 0 bridgehead atoms. The van der Waals surface area contributed by atoms with Crippen molar-refractivity contribution >= 4 is 32.2 Å². The van der Waals surface area contributed by atoms with Gasteiger partial charge in [-0.1, -0.05) is 24.3 Å². The molecule has 7 nitrogen and oxygen atoms in total. The van der Waals surface area contributed by atoms with Gasteiger partial charge in [0.15, 0.2) is 5.13 Å². The molecule has 0 radical (unpaired) electrons. The first-order valence-electron chi connectivity index (χ1n) is 7.26. The van der Waals surface area contributed by atoms with E-state index in [1.54, 1.807) is 25.3 Å². The van der Waals surface area contributed by atoms with Gasteiger partial charge in [0.05, 0.1) is 9.77 Å². The molecule has 1 aliphatic rings. The Balaban J connectivity index is 2.00. The van der Waals surface area contributed by atoms with Crippen molar-refractivity contribution in [3.63, 3.8) is 0 Å². The van der Waals surface area contributed by atoms with Crippen LogP contribution >= 0.6 is 11.3 Å². The van der Waals surface area contributed by atoms with Gasteiger partial charge in [0.2, 0.25) is 10.0 Å². The molecule has 124 valence electrons. The van der Waals surface area contributed by atoms with Crippen LogP contribution in [0.4, 0.5) is 10.8 Å². The Morgan fingerprint density at radius 1 is 1.43 bits per heavy atom. The molecule has 1 aromatic heterocycles. The number of hydrogen-bond donors (Lipinski definition) is 3. The number of nitrogens with one attached hydrogen (secondary N) is 1. The summed E-state index contributed by atoms with van der Waals surface area (Å²) in [5.74, 6) is 0. The molecule has 2 aromatic rings. The van der Waals surface area contributed by atoms with Gasteiger partial charge in [-0.15, -0.1) is 0 Å². The Bertz CT molecular complexity index is 812. The second-order valence-corrected chi connectivity index (χ2v) is 8.17. The fourth-order valence-corrected chi connectivity index (χ4v) is 4.77. The molecule has 23 heavy (non-hydrogen) atoms. The molecule has 0 amide bonds. The van der Waals surface area contributed by atoms with Crippen LogP contribution in [0.15, 0.2) is 29.3 Å². The second kappa shape index (κ2) is 6.08. The molecule has 3 rings (SSSR count). The third kappa shape index (κ3) is 3.18. The van der Waals surface area contributed by atoms with E-state index in [0.717, 1.165) is 23.1 Å². The van der Waals surface area contributed by atoms with Crippen LogP contribution in [-0.2, 0) is 10.0 Å². The summed E-state index contributed by atoms with van der Waals surface area (Å²) in [5.41, 5.74) is 12.6. The van der Waals surface area contributed by atoms with Crippen molar-refractivity contribution in [3.05, 3.63) is 24.4 Å². The normalized spacial score (nSPS) is 15.7. The SMILES string of the molecule is CCNS(=O)(=O)c1cc(N)ccc1-c1cnc(N2CC(N)C2)s1. The maximum absolute atomic E-state index is 12.4. The number of nitrogens with zero attached hydrogens (tertiary/aromatic N) is 2. The van der Waals surface area contributed by atoms with Crippen molar-refractivity contribution in [1.29, 1.82) is 0 Å². The summed E-state index contributed by atoms with van der Waals surface area (Å²) in [6.07, 6.45) is 1.69. The number of aromatic nitrogens is 1. The van der Waals surface area contributed by atoms with Crippen molar-refractivity contribution in [2.75, 3.05) is 30.3 Å². The summed E-state index contributed by atoms with van der Waals surface area (Å²) in [7, 11) is -3.61. The highest BCUT2D eigenvalue weighted by molar-refractivity contribution is 7.89. The highest BCUT2D eigenvalue weighted by Crippen LogP contribution is 2.36. The average Bonchev–Trinajstić information content (AvgIpc) is 2.93. The van der Waals surface area contributed by atoms with Gasteiger partial charge < -0.3 is 16.4 Å². The zero-order valence-electron chi connectivity index (χ0n) is 12.7. The van der Waals surface area contributed by atoms with Crippen LogP contribution in [-0.4, -0.2) is 39.1 Å². The van der Waals surface area contributed by atoms with Crippen molar-refractivity contribution in [2.45, 2.75) is 17.9 Å². The summed E-state index contributed by atoms with van der Waals surface area (Å²) < 4.78 is 27.3. The molecule has 9 heteroatoms. The first-order valence-corrected chi connectivity index (χ1v) is 9.56. The molecule has 1 aromatic carbocycles. The van der Waals surface area contributed by atoms with E-state index in [4.69, 9.17) is 11.5 Å². The number of rotatable bonds is 5. The highest BCUT2D eigenvalue weighted by atomic mass is 32.2. The largest absolute Gasteiger partial charge is 0.399 e. The maximum atomic E-state index is 12.4. The molecule has 1 aliphatic heterocycles. The molecule has 1 saturated heterocycles. The second-order valence-electron chi connectivity index (χ2n) is 5.43. The molecule has 0 saturated carbocycles. The van der Waals surface area contributed by atoms with Gasteiger partial charge in [-0.25, -0.2) is 18.1 Å². The van der Waals surface area contributed by atoms with E-state index in [1.165, 1.54) is 17.4 Å². The minimum atomic E-state index is -3.61. The van der Waals surface area contributed by atoms with Gasteiger partial charge in [-0.2, -0.15) is 0 Å². The molecular weight excluding hydrogens is 334 g/mol. The topological polar surface area (TPSA) is 114 Å². The van der Waals surface area contributed by atoms with E-state index in [2.05, 4.69) is 14.6 Å².